The molecule has 6 heteroatoms. The molecule has 0 amide bonds. The van der Waals surface area contributed by atoms with Gasteiger partial charge in [0.2, 0.25) is 0 Å². The predicted molar refractivity (Wildman–Crippen MR) is 209 cm³/mol. The van der Waals surface area contributed by atoms with Crippen LogP contribution in [0.3, 0.4) is 0 Å². The van der Waals surface area contributed by atoms with Crippen molar-refractivity contribution in [2.75, 3.05) is 0 Å². The molecule has 1 aliphatic heterocycles. The smallest absolute Gasteiger partial charge is 0.164 e. The Hall–Kier alpha value is -6.63. The molecule has 0 radical (unpaired) electrons. The molecule has 4 heterocycles. The quantitative estimate of drug-likeness (QED) is 0.187. The first-order chi connectivity index (χ1) is 25.2. The highest BCUT2D eigenvalue weighted by molar-refractivity contribution is 7.25. The van der Waals surface area contributed by atoms with E-state index in [-0.39, 0.29) is 0 Å². The number of thiophene rings is 1. The Balaban J connectivity index is 1.06. The maximum Gasteiger partial charge on any atom is 0.164 e. The van der Waals surface area contributed by atoms with Crippen molar-refractivity contribution in [2.24, 2.45) is 0 Å². The summed E-state index contributed by atoms with van der Waals surface area (Å²) in [5, 5.41) is 4.81. The Kier molecular flexibility index (Phi) is 6.05. The number of benzene rings is 7. The number of hydrogen-bond acceptors (Lipinski definition) is 5. The summed E-state index contributed by atoms with van der Waals surface area (Å²) in [7, 11) is 0. The molecule has 7 aromatic carbocycles. The average Bonchev–Trinajstić information content (AvgIpc) is 3.74. The molecule has 0 fully saturated rings. The Labute approximate surface area is 296 Å². The highest BCUT2D eigenvalue weighted by Crippen LogP contribution is 2.46. The Morgan fingerprint density at radius 3 is 1.67 bits per heavy atom. The largest absolute Gasteiger partial charge is 0.453 e. The number of para-hydroxylation sites is 3. The minimum Gasteiger partial charge on any atom is -0.453 e. The number of ether oxygens (including phenoxy) is 1. The fourth-order valence-electron chi connectivity index (χ4n) is 7.43. The Morgan fingerprint density at radius 1 is 0.412 bits per heavy atom. The van der Waals surface area contributed by atoms with Crippen LogP contribution in [0.2, 0.25) is 0 Å². The van der Waals surface area contributed by atoms with Crippen molar-refractivity contribution in [1.29, 1.82) is 0 Å². The Morgan fingerprint density at radius 2 is 0.961 bits per heavy atom. The van der Waals surface area contributed by atoms with Gasteiger partial charge in [-0.1, -0.05) is 97.1 Å². The van der Waals surface area contributed by atoms with Crippen molar-refractivity contribution in [3.05, 3.63) is 158 Å². The van der Waals surface area contributed by atoms with Gasteiger partial charge < -0.3 is 9.30 Å². The molecule has 0 saturated heterocycles. The molecule has 3 aromatic heterocycles. The monoisotopic (exact) mass is 670 g/mol. The lowest BCUT2D eigenvalue weighted by atomic mass is 10.00. The summed E-state index contributed by atoms with van der Waals surface area (Å²) in [5.74, 6) is 3.73. The molecular formula is C45H26N4OS. The van der Waals surface area contributed by atoms with Crippen LogP contribution < -0.4 is 4.74 Å². The van der Waals surface area contributed by atoms with Gasteiger partial charge in [0, 0.05) is 47.6 Å². The second-order valence-corrected chi connectivity index (χ2v) is 13.9. The van der Waals surface area contributed by atoms with E-state index in [1.54, 1.807) is 0 Å². The maximum absolute atomic E-state index is 6.34. The van der Waals surface area contributed by atoms with Gasteiger partial charge >= 0.3 is 0 Å². The SMILES string of the molecule is c1ccc(-c2nc(-c3ccccc3)nc(-c3ccc4sc5ccc(-c6ccc7c(c6)c6cccc8c6n7-c6ccccc6O8)cc5c4c3)n2)cc1. The summed E-state index contributed by atoms with van der Waals surface area (Å²) in [6.07, 6.45) is 0. The fraction of sp³-hybridized carbons (Fsp3) is 0. The second-order valence-electron chi connectivity index (χ2n) is 12.9. The van der Waals surface area contributed by atoms with Crippen molar-refractivity contribution >= 4 is 53.3 Å². The molecule has 10 aromatic rings. The first-order valence-electron chi connectivity index (χ1n) is 16.9. The summed E-state index contributed by atoms with van der Waals surface area (Å²) >= 11 is 1.81. The van der Waals surface area contributed by atoms with Crippen molar-refractivity contribution in [2.45, 2.75) is 0 Å². The van der Waals surface area contributed by atoms with E-state index in [0.717, 1.165) is 39.4 Å². The average molecular weight is 671 g/mol. The lowest BCUT2D eigenvalue weighted by Gasteiger charge is -2.20. The lowest BCUT2D eigenvalue weighted by molar-refractivity contribution is 0.476. The third-order valence-corrected chi connectivity index (χ3v) is 11.0. The van der Waals surface area contributed by atoms with Crippen molar-refractivity contribution in [3.8, 4) is 62.5 Å². The Bertz CT molecular complexity index is 2940. The minimum absolute atomic E-state index is 0.657. The van der Waals surface area contributed by atoms with Crippen molar-refractivity contribution in [3.63, 3.8) is 0 Å². The normalized spacial score (nSPS) is 12.1. The molecule has 0 aliphatic carbocycles. The molecule has 0 bridgehead atoms. The van der Waals surface area contributed by atoms with Crippen LogP contribution in [0.25, 0.3) is 93.0 Å². The molecule has 1 aliphatic rings. The van der Waals surface area contributed by atoms with Crippen molar-refractivity contribution < 1.29 is 4.74 Å². The van der Waals surface area contributed by atoms with Crippen LogP contribution in [0.15, 0.2) is 158 Å². The molecule has 0 atom stereocenters. The third-order valence-electron chi connectivity index (χ3n) is 9.84. The van der Waals surface area contributed by atoms with E-state index in [9.17, 15) is 0 Å². The first-order valence-corrected chi connectivity index (χ1v) is 17.8. The number of aromatic nitrogens is 4. The molecular weight excluding hydrogens is 645 g/mol. The lowest BCUT2D eigenvalue weighted by Crippen LogP contribution is -2.03. The maximum atomic E-state index is 6.34. The second kappa shape index (κ2) is 10.9. The van der Waals surface area contributed by atoms with Gasteiger partial charge in [-0.05, 0) is 71.8 Å². The number of hydrogen-bond donors (Lipinski definition) is 0. The van der Waals surface area contributed by atoms with E-state index >= 15 is 0 Å². The molecule has 0 spiro atoms. The van der Waals surface area contributed by atoms with E-state index in [1.165, 1.54) is 47.6 Å². The van der Waals surface area contributed by atoms with Crippen LogP contribution >= 0.6 is 11.3 Å². The minimum atomic E-state index is 0.657. The number of rotatable bonds is 4. The van der Waals surface area contributed by atoms with Gasteiger partial charge in [0.25, 0.3) is 0 Å². The first kappa shape index (κ1) is 28.2. The zero-order valence-electron chi connectivity index (χ0n) is 27.1. The van der Waals surface area contributed by atoms with E-state index in [2.05, 4.69) is 89.5 Å². The highest BCUT2D eigenvalue weighted by atomic mass is 32.1. The third kappa shape index (κ3) is 4.43. The van der Waals surface area contributed by atoms with Gasteiger partial charge in [0.05, 0.1) is 16.7 Å². The van der Waals surface area contributed by atoms with Crippen LogP contribution in [0.4, 0.5) is 0 Å². The zero-order chi connectivity index (χ0) is 33.5. The number of fused-ring (bicyclic) bond motifs is 8. The summed E-state index contributed by atoms with van der Waals surface area (Å²) in [4.78, 5) is 14.9. The van der Waals surface area contributed by atoms with E-state index in [4.69, 9.17) is 19.7 Å². The summed E-state index contributed by atoms with van der Waals surface area (Å²) in [6.45, 7) is 0. The van der Waals surface area contributed by atoms with Crippen LogP contribution in [-0.4, -0.2) is 19.5 Å². The fourth-order valence-corrected chi connectivity index (χ4v) is 8.50. The van der Waals surface area contributed by atoms with Gasteiger partial charge in [-0.25, -0.2) is 15.0 Å². The van der Waals surface area contributed by atoms with Crippen LogP contribution in [0.1, 0.15) is 0 Å². The molecule has 0 N–H and O–H groups in total. The van der Waals surface area contributed by atoms with E-state index < -0.39 is 0 Å². The van der Waals surface area contributed by atoms with E-state index in [0.29, 0.717) is 17.5 Å². The van der Waals surface area contributed by atoms with Gasteiger partial charge in [-0.15, -0.1) is 11.3 Å². The summed E-state index contributed by atoms with van der Waals surface area (Å²) in [5.41, 5.74) is 8.58. The summed E-state index contributed by atoms with van der Waals surface area (Å²) < 4.78 is 11.2. The molecule has 51 heavy (non-hydrogen) atoms. The van der Waals surface area contributed by atoms with Crippen LogP contribution in [0.5, 0.6) is 11.5 Å². The zero-order valence-corrected chi connectivity index (χ0v) is 27.9. The van der Waals surface area contributed by atoms with E-state index in [1.807, 2.05) is 84.1 Å². The van der Waals surface area contributed by atoms with Crippen LogP contribution in [-0.2, 0) is 0 Å². The standard InChI is InChI=1S/C45H26N4OS/c1-3-10-27(11-4-1)43-46-44(28-12-5-2-6-13-28)48-45(47-43)31-20-23-41-35(26-31)34-25-30(19-22-40(34)51-41)29-18-21-36-33(24-29)32-14-9-17-39-42(32)49(36)37-15-7-8-16-38(37)50-39/h1-26H. The number of nitrogens with zero attached hydrogens (tertiary/aromatic N) is 4. The van der Waals surface area contributed by atoms with Gasteiger partial charge in [-0.2, -0.15) is 0 Å². The predicted octanol–water partition coefficient (Wildman–Crippen LogP) is 12.1. The van der Waals surface area contributed by atoms with Gasteiger partial charge in [0.15, 0.2) is 29.0 Å². The molecule has 0 saturated carbocycles. The van der Waals surface area contributed by atoms with Crippen molar-refractivity contribution in [1.82, 2.24) is 19.5 Å². The van der Waals surface area contributed by atoms with Gasteiger partial charge in [-0.3, -0.25) is 0 Å². The molecule has 0 unspecified atom stereocenters. The highest BCUT2D eigenvalue weighted by Gasteiger charge is 2.23. The molecule has 238 valence electrons. The topological polar surface area (TPSA) is 52.8 Å². The summed E-state index contributed by atoms with van der Waals surface area (Å²) in [6, 6.07) is 55.0. The van der Waals surface area contributed by atoms with Crippen LogP contribution in [0, 0.1) is 0 Å². The molecule has 11 rings (SSSR count). The molecule has 5 nitrogen and oxygen atoms in total. The van der Waals surface area contributed by atoms with Gasteiger partial charge in [0.1, 0.15) is 0 Å².